The average Bonchev–Trinajstić information content (AvgIpc) is 3.45. The predicted molar refractivity (Wildman–Crippen MR) is 130 cm³/mol. The minimum atomic E-state index is 0. The van der Waals surface area contributed by atoms with Gasteiger partial charge in [0.2, 0.25) is 0 Å². The first kappa shape index (κ1) is 22.3. The van der Waals surface area contributed by atoms with E-state index in [2.05, 4.69) is 48.3 Å². The lowest BCUT2D eigenvalue weighted by molar-refractivity contribution is -0.0250. The molecule has 6 atom stereocenters. The molecule has 0 aliphatic carbocycles. The maximum Gasteiger partial charge on any atom is 0.193 e. The number of hydrogen-bond acceptors (Lipinski definition) is 3. The van der Waals surface area contributed by atoms with Crippen LogP contribution in [0.4, 0.5) is 0 Å². The Morgan fingerprint density at radius 2 is 1.80 bits per heavy atom. The molecule has 5 rings (SSSR count). The number of guanidine groups is 1. The largest absolute Gasteiger partial charge is 0.374 e. The van der Waals surface area contributed by atoms with Crippen molar-refractivity contribution in [3.8, 4) is 0 Å². The Morgan fingerprint density at radius 3 is 2.47 bits per heavy atom. The van der Waals surface area contributed by atoms with Gasteiger partial charge in [-0.2, -0.15) is 0 Å². The quantitative estimate of drug-likeness (QED) is 0.365. The van der Waals surface area contributed by atoms with Crippen LogP contribution in [0.15, 0.2) is 29.3 Å². The summed E-state index contributed by atoms with van der Waals surface area (Å²) in [6, 6.07) is 8.84. The normalized spacial score (nSPS) is 35.3. The van der Waals surface area contributed by atoms with Crippen LogP contribution in [0, 0.1) is 24.7 Å². The summed E-state index contributed by atoms with van der Waals surface area (Å²) in [5, 5.41) is 3.56. The van der Waals surface area contributed by atoms with Gasteiger partial charge in [-0.15, -0.1) is 24.0 Å². The van der Waals surface area contributed by atoms with Gasteiger partial charge in [-0.1, -0.05) is 29.8 Å². The molecule has 6 heteroatoms. The third-order valence-electron chi connectivity index (χ3n) is 7.41. The lowest BCUT2D eigenvalue weighted by atomic mass is 9.82. The Bertz CT molecular complexity index is 722. The number of nitrogens with one attached hydrogen (secondary N) is 1. The molecule has 5 nitrogen and oxygen atoms in total. The predicted octanol–water partition coefficient (Wildman–Crippen LogP) is 4.16. The zero-order chi connectivity index (χ0) is 19.8. The molecule has 1 N–H and O–H groups in total. The molecule has 30 heavy (non-hydrogen) atoms. The summed E-state index contributed by atoms with van der Waals surface area (Å²) in [6.45, 7) is 9.10. The molecule has 6 unspecified atom stereocenters. The van der Waals surface area contributed by atoms with Crippen LogP contribution in [0.3, 0.4) is 0 Å². The van der Waals surface area contributed by atoms with Crippen LogP contribution < -0.4 is 5.32 Å². The standard InChI is InChI=1S/C24H35N3O2.HI/c1-3-25-24(27-14-19-20(15-27)22-11-10-21(19)29-22)26-13-18-5-4-12-28-23(18)17-8-6-16(2)7-9-17;/h6-9,18-23H,3-5,10-15H2,1-2H3,(H,25,26);1H. The van der Waals surface area contributed by atoms with Crippen molar-refractivity contribution >= 4 is 29.9 Å². The van der Waals surface area contributed by atoms with E-state index in [0.717, 1.165) is 45.2 Å². The average molecular weight is 525 g/mol. The van der Waals surface area contributed by atoms with Crippen LogP contribution in [0.5, 0.6) is 0 Å². The van der Waals surface area contributed by atoms with Gasteiger partial charge < -0.3 is 19.7 Å². The molecular weight excluding hydrogens is 489 g/mol. The molecule has 0 amide bonds. The number of aliphatic imine (C=N–C) groups is 1. The van der Waals surface area contributed by atoms with Crippen molar-refractivity contribution in [1.29, 1.82) is 0 Å². The second-order valence-electron chi connectivity index (χ2n) is 9.32. The van der Waals surface area contributed by atoms with E-state index >= 15 is 0 Å². The maximum absolute atomic E-state index is 6.21. The SMILES string of the molecule is CCNC(=NCC1CCCOC1c1ccc(C)cc1)N1CC2C3CCC(O3)C2C1.I. The van der Waals surface area contributed by atoms with Crippen molar-refractivity contribution in [3.63, 3.8) is 0 Å². The summed E-state index contributed by atoms with van der Waals surface area (Å²) in [4.78, 5) is 7.62. The molecule has 0 spiro atoms. The number of hydrogen-bond donors (Lipinski definition) is 1. The number of ether oxygens (including phenoxy) is 2. The summed E-state index contributed by atoms with van der Waals surface area (Å²) in [6.07, 6.45) is 5.98. The summed E-state index contributed by atoms with van der Waals surface area (Å²) in [5.41, 5.74) is 2.59. The summed E-state index contributed by atoms with van der Waals surface area (Å²) < 4.78 is 12.4. The highest BCUT2D eigenvalue weighted by Gasteiger charge is 2.53. The first-order valence-corrected chi connectivity index (χ1v) is 11.6. The lowest BCUT2D eigenvalue weighted by Crippen LogP contribution is -2.42. The monoisotopic (exact) mass is 525 g/mol. The Kier molecular flexibility index (Phi) is 7.25. The Labute approximate surface area is 198 Å². The topological polar surface area (TPSA) is 46.1 Å². The lowest BCUT2D eigenvalue weighted by Gasteiger charge is -2.32. The van der Waals surface area contributed by atoms with Gasteiger partial charge in [0.25, 0.3) is 0 Å². The maximum atomic E-state index is 6.21. The molecule has 0 saturated carbocycles. The number of nitrogens with zero attached hydrogens (tertiary/aromatic N) is 2. The minimum absolute atomic E-state index is 0. The van der Waals surface area contributed by atoms with Gasteiger partial charge in [0.1, 0.15) is 0 Å². The van der Waals surface area contributed by atoms with Crippen molar-refractivity contribution in [2.75, 3.05) is 32.8 Å². The second-order valence-corrected chi connectivity index (χ2v) is 9.32. The van der Waals surface area contributed by atoms with E-state index in [4.69, 9.17) is 14.5 Å². The number of aryl methyl sites for hydroxylation is 1. The molecule has 1 aromatic rings. The zero-order valence-corrected chi connectivity index (χ0v) is 20.6. The van der Waals surface area contributed by atoms with Crippen LogP contribution in [0.2, 0.25) is 0 Å². The Hall–Kier alpha value is -0.860. The van der Waals surface area contributed by atoms with Gasteiger partial charge >= 0.3 is 0 Å². The van der Waals surface area contributed by atoms with Crippen LogP contribution in [-0.4, -0.2) is 55.9 Å². The fourth-order valence-corrected chi connectivity index (χ4v) is 5.92. The van der Waals surface area contributed by atoms with E-state index < -0.39 is 0 Å². The van der Waals surface area contributed by atoms with Crippen molar-refractivity contribution in [2.24, 2.45) is 22.7 Å². The minimum Gasteiger partial charge on any atom is -0.374 e. The molecule has 0 aromatic heterocycles. The number of halogens is 1. The highest BCUT2D eigenvalue weighted by Crippen LogP contribution is 2.47. The number of likely N-dealkylation sites (tertiary alicyclic amines) is 1. The Balaban J connectivity index is 0.00000218. The van der Waals surface area contributed by atoms with E-state index in [1.807, 2.05) is 0 Å². The molecule has 4 saturated heterocycles. The highest BCUT2D eigenvalue weighted by atomic mass is 127. The van der Waals surface area contributed by atoms with E-state index in [1.54, 1.807) is 0 Å². The van der Waals surface area contributed by atoms with E-state index in [-0.39, 0.29) is 30.1 Å². The second kappa shape index (κ2) is 9.74. The van der Waals surface area contributed by atoms with Crippen molar-refractivity contribution in [3.05, 3.63) is 35.4 Å². The molecule has 0 radical (unpaired) electrons. The summed E-state index contributed by atoms with van der Waals surface area (Å²) in [5.74, 6) is 2.95. The van der Waals surface area contributed by atoms with Crippen LogP contribution in [0.1, 0.15) is 49.8 Å². The zero-order valence-electron chi connectivity index (χ0n) is 18.3. The molecule has 4 aliphatic rings. The number of fused-ring (bicyclic) bond motifs is 5. The number of benzene rings is 1. The first-order chi connectivity index (χ1) is 14.2. The third kappa shape index (κ3) is 4.37. The van der Waals surface area contributed by atoms with E-state index in [1.165, 1.54) is 30.4 Å². The van der Waals surface area contributed by atoms with Gasteiger partial charge in [-0.3, -0.25) is 4.99 Å². The summed E-state index contributed by atoms with van der Waals surface area (Å²) in [7, 11) is 0. The number of rotatable bonds is 4. The molecule has 2 bridgehead atoms. The molecule has 4 fully saturated rings. The smallest absolute Gasteiger partial charge is 0.193 e. The van der Waals surface area contributed by atoms with E-state index in [9.17, 15) is 0 Å². The first-order valence-electron chi connectivity index (χ1n) is 11.6. The Morgan fingerprint density at radius 1 is 1.10 bits per heavy atom. The van der Waals surface area contributed by atoms with Gasteiger partial charge in [-0.25, -0.2) is 0 Å². The molecule has 4 heterocycles. The van der Waals surface area contributed by atoms with Gasteiger partial charge in [0.05, 0.1) is 18.3 Å². The molecule has 1 aromatic carbocycles. The van der Waals surface area contributed by atoms with Crippen LogP contribution >= 0.6 is 24.0 Å². The van der Waals surface area contributed by atoms with Crippen LogP contribution in [0.25, 0.3) is 0 Å². The van der Waals surface area contributed by atoms with Gasteiger partial charge in [-0.05, 0) is 45.1 Å². The third-order valence-corrected chi connectivity index (χ3v) is 7.41. The molecule has 4 aliphatic heterocycles. The van der Waals surface area contributed by atoms with Gasteiger partial charge in [0, 0.05) is 50.5 Å². The fraction of sp³-hybridized carbons (Fsp3) is 0.708. The summed E-state index contributed by atoms with van der Waals surface area (Å²) >= 11 is 0. The molecular formula is C24H36IN3O2. The van der Waals surface area contributed by atoms with Crippen molar-refractivity contribution in [2.45, 2.75) is 57.8 Å². The van der Waals surface area contributed by atoms with Gasteiger partial charge in [0.15, 0.2) is 5.96 Å². The van der Waals surface area contributed by atoms with E-state index in [0.29, 0.717) is 30.0 Å². The van der Waals surface area contributed by atoms with Crippen molar-refractivity contribution in [1.82, 2.24) is 10.2 Å². The van der Waals surface area contributed by atoms with Crippen molar-refractivity contribution < 1.29 is 9.47 Å². The highest BCUT2D eigenvalue weighted by molar-refractivity contribution is 14.0. The van der Waals surface area contributed by atoms with Crippen LogP contribution in [-0.2, 0) is 9.47 Å². The fourth-order valence-electron chi connectivity index (χ4n) is 5.92. The molecule has 166 valence electrons.